The lowest BCUT2D eigenvalue weighted by molar-refractivity contribution is -0.384. The number of anilines is 1. The topological polar surface area (TPSA) is 59.3 Å². The highest BCUT2D eigenvalue weighted by Gasteiger charge is 2.18. The molecule has 0 aliphatic rings. The van der Waals surface area contributed by atoms with Crippen LogP contribution in [0.25, 0.3) is 0 Å². The molecular formula is C11H14BrN3O2. The van der Waals surface area contributed by atoms with Crippen molar-refractivity contribution in [1.82, 2.24) is 4.98 Å². The van der Waals surface area contributed by atoms with Gasteiger partial charge in [0.2, 0.25) is 5.82 Å². The van der Waals surface area contributed by atoms with Gasteiger partial charge < -0.3 is 4.90 Å². The van der Waals surface area contributed by atoms with Crippen LogP contribution >= 0.6 is 15.9 Å². The van der Waals surface area contributed by atoms with Gasteiger partial charge in [-0.2, -0.15) is 0 Å². The van der Waals surface area contributed by atoms with Crippen LogP contribution in [0.4, 0.5) is 11.5 Å². The zero-order chi connectivity index (χ0) is 12.8. The van der Waals surface area contributed by atoms with Gasteiger partial charge in [0.1, 0.15) is 0 Å². The van der Waals surface area contributed by atoms with E-state index in [9.17, 15) is 10.1 Å². The zero-order valence-electron chi connectivity index (χ0n) is 9.60. The fraction of sp³-hybridized carbons (Fsp3) is 0.364. The average Bonchev–Trinajstić information content (AvgIpc) is 2.29. The Balaban J connectivity index is 2.88. The first-order chi connectivity index (χ1) is 8.06. The molecule has 17 heavy (non-hydrogen) atoms. The van der Waals surface area contributed by atoms with E-state index < -0.39 is 4.92 Å². The summed E-state index contributed by atoms with van der Waals surface area (Å²) < 4.78 is 0.604. The highest BCUT2D eigenvalue weighted by Crippen LogP contribution is 2.27. The van der Waals surface area contributed by atoms with Gasteiger partial charge in [0.05, 0.1) is 4.92 Å². The third-order valence-electron chi connectivity index (χ3n) is 2.27. The number of unbranched alkanes of at least 4 members (excludes halogenated alkanes) is 1. The number of nitro groups is 1. The Hall–Kier alpha value is -1.43. The average molecular weight is 300 g/mol. The molecule has 5 nitrogen and oxygen atoms in total. The molecule has 92 valence electrons. The first-order valence-electron chi connectivity index (χ1n) is 5.18. The summed E-state index contributed by atoms with van der Waals surface area (Å²) in [7, 11) is 1.80. The first kappa shape index (κ1) is 13.6. The maximum absolute atomic E-state index is 10.9. The molecule has 0 N–H and O–H groups in total. The Bertz CT molecular complexity index is 423. The largest absolute Gasteiger partial charge is 0.354 e. The van der Waals surface area contributed by atoms with E-state index in [1.165, 1.54) is 6.07 Å². The van der Waals surface area contributed by atoms with Gasteiger partial charge in [-0.15, -0.1) is 6.58 Å². The van der Waals surface area contributed by atoms with E-state index in [0.717, 1.165) is 12.8 Å². The van der Waals surface area contributed by atoms with Gasteiger partial charge in [-0.05, 0) is 28.8 Å². The summed E-state index contributed by atoms with van der Waals surface area (Å²) in [6, 6.07) is 1.46. The molecule has 0 bridgehead atoms. The number of hydrogen-bond donors (Lipinski definition) is 0. The van der Waals surface area contributed by atoms with Crippen molar-refractivity contribution in [2.75, 3.05) is 18.5 Å². The Morgan fingerprint density at radius 3 is 3.00 bits per heavy atom. The van der Waals surface area contributed by atoms with Gasteiger partial charge >= 0.3 is 5.69 Å². The van der Waals surface area contributed by atoms with Crippen molar-refractivity contribution in [2.45, 2.75) is 12.8 Å². The van der Waals surface area contributed by atoms with E-state index in [1.807, 2.05) is 6.08 Å². The third-order valence-corrected chi connectivity index (χ3v) is 2.71. The van der Waals surface area contributed by atoms with E-state index in [-0.39, 0.29) is 5.69 Å². The minimum Gasteiger partial charge on any atom is -0.354 e. The lowest BCUT2D eigenvalue weighted by Gasteiger charge is -2.17. The maximum Gasteiger partial charge on any atom is 0.312 e. The van der Waals surface area contributed by atoms with Crippen LogP contribution in [0.5, 0.6) is 0 Å². The SMILES string of the molecule is C=CCCCN(C)c1ncc(Br)cc1[N+](=O)[O-]. The summed E-state index contributed by atoms with van der Waals surface area (Å²) >= 11 is 3.18. The summed E-state index contributed by atoms with van der Waals surface area (Å²) in [5.41, 5.74) is 0.0143. The van der Waals surface area contributed by atoms with Gasteiger partial charge in [0, 0.05) is 30.3 Å². The molecular weight excluding hydrogens is 286 g/mol. The predicted molar refractivity (Wildman–Crippen MR) is 71.3 cm³/mol. The molecule has 0 saturated heterocycles. The molecule has 0 atom stereocenters. The normalized spacial score (nSPS) is 10.0. The molecule has 1 aromatic rings. The van der Waals surface area contributed by atoms with Crippen LogP contribution < -0.4 is 4.90 Å². The van der Waals surface area contributed by atoms with E-state index in [0.29, 0.717) is 16.8 Å². The fourth-order valence-electron chi connectivity index (χ4n) is 1.43. The molecule has 0 radical (unpaired) electrons. The summed E-state index contributed by atoms with van der Waals surface area (Å²) in [5, 5.41) is 10.9. The second kappa shape index (κ2) is 6.34. The number of aromatic nitrogens is 1. The van der Waals surface area contributed by atoms with Crippen molar-refractivity contribution in [3.05, 3.63) is 39.5 Å². The first-order valence-corrected chi connectivity index (χ1v) is 5.97. The van der Waals surface area contributed by atoms with Crippen molar-refractivity contribution < 1.29 is 4.92 Å². The summed E-state index contributed by atoms with van der Waals surface area (Å²) in [4.78, 5) is 16.4. The maximum atomic E-state index is 10.9. The van der Waals surface area contributed by atoms with Gasteiger partial charge in [0.15, 0.2) is 0 Å². The Morgan fingerprint density at radius 2 is 2.41 bits per heavy atom. The highest BCUT2D eigenvalue weighted by atomic mass is 79.9. The number of nitrogens with zero attached hydrogens (tertiary/aromatic N) is 3. The summed E-state index contributed by atoms with van der Waals surface area (Å²) in [6.07, 6.45) is 5.17. The number of halogens is 1. The Morgan fingerprint density at radius 1 is 1.71 bits per heavy atom. The standard InChI is InChI=1S/C11H14BrN3O2/c1-3-4-5-6-14(2)11-10(15(16)17)7-9(12)8-13-11/h3,7-8H,1,4-6H2,2H3. The zero-order valence-corrected chi connectivity index (χ0v) is 11.2. The van der Waals surface area contributed by atoms with Crippen molar-refractivity contribution in [1.29, 1.82) is 0 Å². The minimum absolute atomic E-state index is 0.0143. The molecule has 0 amide bonds. The van der Waals surface area contributed by atoms with Crippen molar-refractivity contribution >= 4 is 27.4 Å². The number of hydrogen-bond acceptors (Lipinski definition) is 4. The molecule has 0 saturated carbocycles. The van der Waals surface area contributed by atoms with Crippen LogP contribution in [0.1, 0.15) is 12.8 Å². The molecule has 0 aromatic carbocycles. The molecule has 0 aliphatic heterocycles. The van der Waals surface area contributed by atoms with Gasteiger partial charge in [-0.1, -0.05) is 6.08 Å². The van der Waals surface area contributed by atoms with E-state index in [2.05, 4.69) is 27.5 Å². The molecule has 1 aromatic heterocycles. The van der Waals surface area contributed by atoms with Gasteiger partial charge in [-0.3, -0.25) is 10.1 Å². The van der Waals surface area contributed by atoms with E-state index in [4.69, 9.17) is 0 Å². The lowest BCUT2D eigenvalue weighted by atomic mass is 10.3. The molecule has 6 heteroatoms. The predicted octanol–water partition coefficient (Wildman–Crippen LogP) is 3.15. The highest BCUT2D eigenvalue weighted by molar-refractivity contribution is 9.10. The quantitative estimate of drug-likeness (QED) is 0.350. The monoisotopic (exact) mass is 299 g/mol. The second-order valence-corrected chi connectivity index (χ2v) is 4.52. The molecule has 1 rings (SSSR count). The Labute approximate surface area is 108 Å². The number of allylic oxidation sites excluding steroid dienone is 1. The van der Waals surface area contributed by atoms with E-state index >= 15 is 0 Å². The second-order valence-electron chi connectivity index (χ2n) is 3.61. The van der Waals surface area contributed by atoms with Gasteiger partial charge in [0.25, 0.3) is 0 Å². The van der Waals surface area contributed by atoms with Crippen LogP contribution in [-0.4, -0.2) is 23.5 Å². The molecule has 0 fully saturated rings. The smallest absolute Gasteiger partial charge is 0.312 e. The van der Waals surface area contributed by atoms with Crippen LogP contribution in [-0.2, 0) is 0 Å². The summed E-state index contributed by atoms with van der Waals surface area (Å²) in [5.74, 6) is 0.391. The molecule has 1 heterocycles. The van der Waals surface area contributed by atoms with Crippen LogP contribution in [0, 0.1) is 10.1 Å². The third kappa shape index (κ3) is 3.81. The van der Waals surface area contributed by atoms with Crippen molar-refractivity contribution in [3.63, 3.8) is 0 Å². The molecule has 0 spiro atoms. The van der Waals surface area contributed by atoms with Crippen molar-refractivity contribution in [3.8, 4) is 0 Å². The lowest BCUT2D eigenvalue weighted by Crippen LogP contribution is -2.20. The minimum atomic E-state index is -0.420. The molecule has 0 aliphatic carbocycles. The van der Waals surface area contributed by atoms with E-state index in [1.54, 1.807) is 18.1 Å². The number of pyridine rings is 1. The van der Waals surface area contributed by atoms with Crippen LogP contribution in [0.2, 0.25) is 0 Å². The van der Waals surface area contributed by atoms with Gasteiger partial charge in [-0.25, -0.2) is 4.98 Å². The van der Waals surface area contributed by atoms with Crippen LogP contribution in [0.15, 0.2) is 29.4 Å². The Kier molecular flexibility index (Phi) is 5.09. The number of rotatable bonds is 6. The molecule has 0 unspecified atom stereocenters. The van der Waals surface area contributed by atoms with Crippen LogP contribution in [0.3, 0.4) is 0 Å². The fourth-order valence-corrected chi connectivity index (χ4v) is 1.75. The van der Waals surface area contributed by atoms with Crippen molar-refractivity contribution in [2.24, 2.45) is 0 Å². The summed E-state index contributed by atoms with van der Waals surface area (Å²) in [6.45, 7) is 4.35.